The normalized spacial score (nSPS) is 12.2. The first kappa shape index (κ1) is 13.1. The first-order chi connectivity index (χ1) is 8.70. The molecule has 0 aliphatic rings. The number of methoxy groups -OCH3 is 1. The topological polar surface area (TPSA) is 48.1 Å². The molecule has 0 amide bonds. The van der Waals surface area contributed by atoms with Gasteiger partial charge in [-0.15, -0.1) is 0 Å². The number of nitrogens with zero attached hydrogens (tertiary/aromatic N) is 1. The van der Waals surface area contributed by atoms with E-state index >= 15 is 0 Å². The highest BCUT2D eigenvalue weighted by Crippen LogP contribution is 2.24. The van der Waals surface area contributed by atoms with E-state index in [1.807, 2.05) is 24.3 Å². The van der Waals surface area contributed by atoms with Crippen LogP contribution in [0.3, 0.4) is 0 Å². The number of pyridine rings is 1. The number of hydrogen-bond acceptors (Lipinski definition) is 3. The molecule has 3 nitrogen and oxygen atoms in total. The molecule has 1 unspecified atom stereocenters. The zero-order valence-corrected chi connectivity index (χ0v) is 11.7. The summed E-state index contributed by atoms with van der Waals surface area (Å²) in [7, 11) is 1.61. The van der Waals surface area contributed by atoms with Crippen molar-refractivity contribution in [1.29, 1.82) is 0 Å². The van der Waals surface area contributed by atoms with Gasteiger partial charge in [0.25, 0.3) is 0 Å². The van der Waals surface area contributed by atoms with Crippen LogP contribution in [0.5, 0.6) is 5.88 Å². The molecule has 0 aliphatic heterocycles. The number of rotatable bonds is 4. The van der Waals surface area contributed by atoms with E-state index in [-0.39, 0.29) is 6.04 Å². The van der Waals surface area contributed by atoms with Crippen molar-refractivity contribution in [1.82, 2.24) is 4.98 Å². The van der Waals surface area contributed by atoms with E-state index in [4.69, 9.17) is 10.5 Å². The molecule has 0 bridgehead atoms. The quantitative estimate of drug-likeness (QED) is 0.944. The summed E-state index contributed by atoms with van der Waals surface area (Å²) in [6.07, 6.45) is 2.45. The van der Waals surface area contributed by atoms with Crippen molar-refractivity contribution in [3.63, 3.8) is 0 Å². The van der Waals surface area contributed by atoms with Crippen molar-refractivity contribution < 1.29 is 4.74 Å². The van der Waals surface area contributed by atoms with Crippen molar-refractivity contribution in [2.45, 2.75) is 12.5 Å². The molecule has 0 radical (unpaired) electrons. The number of halogens is 1. The third kappa shape index (κ3) is 3.09. The molecule has 4 heteroatoms. The van der Waals surface area contributed by atoms with Crippen molar-refractivity contribution in [3.8, 4) is 5.88 Å². The highest BCUT2D eigenvalue weighted by Gasteiger charge is 2.13. The molecule has 2 rings (SSSR count). The number of aromatic nitrogens is 1. The van der Waals surface area contributed by atoms with Gasteiger partial charge in [-0.2, -0.15) is 0 Å². The molecule has 0 fully saturated rings. The Hall–Kier alpha value is -1.39. The number of ether oxygens (including phenoxy) is 1. The van der Waals surface area contributed by atoms with Crippen LogP contribution in [0.2, 0.25) is 0 Å². The molecular weight excluding hydrogens is 292 g/mol. The lowest BCUT2D eigenvalue weighted by molar-refractivity contribution is 0.388. The van der Waals surface area contributed by atoms with E-state index in [9.17, 15) is 0 Å². The molecule has 18 heavy (non-hydrogen) atoms. The highest BCUT2D eigenvalue weighted by molar-refractivity contribution is 9.10. The molecule has 94 valence electrons. The monoisotopic (exact) mass is 306 g/mol. The van der Waals surface area contributed by atoms with E-state index in [1.54, 1.807) is 13.3 Å². The molecule has 1 aromatic carbocycles. The van der Waals surface area contributed by atoms with Gasteiger partial charge in [0.1, 0.15) is 0 Å². The van der Waals surface area contributed by atoms with E-state index in [0.29, 0.717) is 5.88 Å². The van der Waals surface area contributed by atoms with Gasteiger partial charge in [-0.25, -0.2) is 4.98 Å². The summed E-state index contributed by atoms with van der Waals surface area (Å²) in [4.78, 5) is 4.17. The average Bonchev–Trinajstić information content (AvgIpc) is 2.38. The SMILES string of the molecule is COc1ncccc1C(N)Cc1cccc(Br)c1. The Morgan fingerprint density at radius 1 is 1.33 bits per heavy atom. The van der Waals surface area contributed by atoms with Gasteiger partial charge in [-0.05, 0) is 30.2 Å². The fourth-order valence-electron chi connectivity index (χ4n) is 1.88. The van der Waals surface area contributed by atoms with E-state index in [2.05, 4.69) is 33.0 Å². The number of benzene rings is 1. The summed E-state index contributed by atoms with van der Waals surface area (Å²) in [5.41, 5.74) is 8.33. The van der Waals surface area contributed by atoms with Gasteiger partial charge in [0.05, 0.1) is 7.11 Å². The zero-order chi connectivity index (χ0) is 13.0. The fraction of sp³-hybridized carbons (Fsp3) is 0.214. The standard InChI is InChI=1S/C14H15BrN2O/c1-18-14-12(6-3-7-17-14)13(16)9-10-4-2-5-11(15)8-10/h2-8,13H,9,16H2,1H3. The molecular formula is C14H15BrN2O. The summed E-state index contributed by atoms with van der Waals surface area (Å²) in [5, 5.41) is 0. The maximum absolute atomic E-state index is 6.22. The van der Waals surface area contributed by atoms with Crippen LogP contribution in [0.15, 0.2) is 47.1 Å². The smallest absolute Gasteiger partial charge is 0.217 e. The van der Waals surface area contributed by atoms with Gasteiger partial charge in [-0.3, -0.25) is 0 Å². The van der Waals surface area contributed by atoms with Crippen LogP contribution in [0, 0.1) is 0 Å². The van der Waals surface area contributed by atoms with Gasteiger partial charge in [0.15, 0.2) is 0 Å². The average molecular weight is 307 g/mol. The van der Waals surface area contributed by atoms with Crippen molar-refractivity contribution in [2.75, 3.05) is 7.11 Å². The molecule has 2 N–H and O–H groups in total. The lowest BCUT2D eigenvalue weighted by Gasteiger charge is -2.14. The maximum Gasteiger partial charge on any atom is 0.217 e. The van der Waals surface area contributed by atoms with Crippen molar-refractivity contribution in [2.24, 2.45) is 5.73 Å². The van der Waals surface area contributed by atoms with Gasteiger partial charge >= 0.3 is 0 Å². The molecule has 2 aromatic rings. The Kier molecular flexibility index (Phi) is 4.33. The fourth-order valence-corrected chi connectivity index (χ4v) is 2.33. The Morgan fingerprint density at radius 2 is 2.17 bits per heavy atom. The molecule has 0 spiro atoms. The summed E-state index contributed by atoms with van der Waals surface area (Å²) in [5.74, 6) is 0.597. The summed E-state index contributed by atoms with van der Waals surface area (Å²) in [6, 6.07) is 11.8. The van der Waals surface area contributed by atoms with Crippen molar-refractivity contribution >= 4 is 15.9 Å². The van der Waals surface area contributed by atoms with Crippen LogP contribution in [-0.2, 0) is 6.42 Å². The second-order valence-corrected chi connectivity index (χ2v) is 4.96. The predicted octanol–water partition coefficient (Wildman–Crippen LogP) is 3.10. The van der Waals surface area contributed by atoms with Gasteiger partial charge in [0.2, 0.25) is 5.88 Å². The Morgan fingerprint density at radius 3 is 2.89 bits per heavy atom. The first-order valence-corrected chi connectivity index (χ1v) is 6.49. The second-order valence-electron chi connectivity index (χ2n) is 4.04. The summed E-state index contributed by atoms with van der Waals surface area (Å²) < 4.78 is 6.29. The predicted molar refractivity (Wildman–Crippen MR) is 75.6 cm³/mol. The summed E-state index contributed by atoms with van der Waals surface area (Å²) in [6.45, 7) is 0. The van der Waals surface area contributed by atoms with E-state index in [0.717, 1.165) is 16.5 Å². The van der Waals surface area contributed by atoms with Gasteiger partial charge in [0, 0.05) is 22.3 Å². The van der Waals surface area contributed by atoms with Gasteiger partial charge in [-0.1, -0.05) is 34.1 Å². The Balaban J connectivity index is 2.19. The highest BCUT2D eigenvalue weighted by atomic mass is 79.9. The first-order valence-electron chi connectivity index (χ1n) is 5.69. The molecule has 0 saturated heterocycles. The molecule has 0 aliphatic carbocycles. The Bertz CT molecular complexity index is 531. The number of nitrogens with two attached hydrogens (primary N) is 1. The van der Waals surface area contributed by atoms with E-state index in [1.165, 1.54) is 5.56 Å². The van der Waals surface area contributed by atoms with Crippen LogP contribution in [0.4, 0.5) is 0 Å². The third-order valence-electron chi connectivity index (χ3n) is 2.74. The van der Waals surface area contributed by atoms with Crippen LogP contribution >= 0.6 is 15.9 Å². The lowest BCUT2D eigenvalue weighted by Crippen LogP contribution is -2.15. The van der Waals surface area contributed by atoms with Crippen molar-refractivity contribution in [3.05, 3.63) is 58.2 Å². The molecule has 0 saturated carbocycles. The zero-order valence-electron chi connectivity index (χ0n) is 10.1. The molecule has 1 heterocycles. The third-order valence-corrected chi connectivity index (χ3v) is 3.23. The van der Waals surface area contributed by atoms with E-state index < -0.39 is 0 Å². The van der Waals surface area contributed by atoms with Crippen LogP contribution in [0.25, 0.3) is 0 Å². The Labute approximate surface area is 115 Å². The van der Waals surface area contributed by atoms with Gasteiger partial charge < -0.3 is 10.5 Å². The molecule has 1 aromatic heterocycles. The second kappa shape index (κ2) is 5.98. The van der Waals surface area contributed by atoms with Crippen LogP contribution in [0.1, 0.15) is 17.2 Å². The summed E-state index contributed by atoms with van der Waals surface area (Å²) >= 11 is 3.46. The van der Waals surface area contributed by atoms with Crippen LogP contribution < -0.4 is 10.5 Å². The largest absolute Gasteiger partial charge is 0.481 e. The minimum Gasteiger partial charge on any atom is -0.481 e. The molecule has 1 atom stereocenters. The minimum atomic E-state index is -0.122. The number of hydrogen-bond donors (Lipinski definition) is 1. The van der Waals surface area contributed by atoms with Crippen LogP contribution in [-0.4, -0.2) is 12.1 Å². The lowest BCUT2D eigenvalue weighted by atomic mass is 10.0. The maximum atomic E-state index is 6.22. The minimum absolute atomic E-state index is 0.122.